The number of carbonyl (C=O) groups excluding carboxylic acids is 3. The van der Waals surface area contributed by atoms with Crippen LogP contribution in [0.25, 0.3) is 11.1 Å². The fourth-order valence-corrected chi connectivity index (χ4v) is 5.03. The Morgan fingerprint density at radius 2 is 1.69 bits per heavy atom. The highest BCUT2D eigenvalue weighted by Crippen LogP contribution is 2.34. The van der Waals surface area contributed by atoms with E-state index in [0.717, 1.165) is 11.1 Å². The number of nitrogens with one attached hydrogen (secondary N) is 2. The Hall–Kier alpha value is -3.24. The van der Waals surface area contributed by atoms with Crippen LogP contribution in [0, 0.1) is 11.3 Å². The van der Waals surface area contributed by atoms with Crippen LogP contribution in [-0.2, 0) is 4.79 Å². The van der Waals surface area contributed by atoms with Gasteiger partial charge >= 0.3 is 0 Å². The molecule has 0 saturated heterocycles. The number of Topliss-reactive ketones (excluding diaryl/α,β-unsaturated/α-hetero) is 1. The molecule has 1 unspecified atom stereocenters. The predicted molar refractivity (Wildman–Crippen MR) is 127 cm³/mol. The summed E-state index contributed by atoms with van der Waals surface area (Å²) < 4.78 is 0. The van der Waals surface area contributed by atoms with Crippen LogP contribution in [0.15, 0.2) is 48.5 Å². The highest BCUT2D eigenvalue weighted by atomic mass is 28.3. The molecular formula is C25H29N3O3Si. The van der Waals surface area contributed by atoms with E-state index in [0.29, 0.717) is 30.0 Å². The third-order valence-corrected chi connectivity index (χ3v) is 7.15. The van der Waals surface area contributed by atoms with Gasteiger partial charge in [-0.25, -0.2) is 0 Å². The van der Waals surface area contributed by atoms with E-state index in [1.165, 1.54) is 6.92 Å². The van der Waals surface area contributed by atoms with Crippen LogP contribution in [0.3, 0.4) is 0 Å². The van der Waals surface area contributed by atoms with Crippen LogP contribution in [0.5, 0.6) is 0 Å². The quantitative estimate of drug-likeness (QED) is 0.469. The number of amides is 2. The third-order valence-electron chi connectivity index (χ3n) is 5.51. The average molecular weight is 448 g/mol. The molecule has 0 bridgehead atoms. The Morgan fingerprint density at radius 1 is 1.03 bits per heavy atom. The Bertz CT molecular complexity index is 1080. The van der Waals surface area contributed by atoms with Gasteiger partial charge < -0.3 is 10.6 Å². The lowest BCUT2D eigenvalue weighted by Crippen LogP contribution is -2.52. The number of nitrogens with zero attached hydrogens (tertiary/aromatic N) is 1. The molecule has 0 aliphatic heterocycles. The van der Waals surface area contributed by atoms with Crippen LogP contribution in [0.2, 0.25) is 25.7 Å². The molecule has 1 aliphatic carbocycles. The molecule has 3 rings (SSSR count). The largest absolute Gasteiger partial charge is 0.341 e. The number of rotatable bonds is 8. The molecule has 1 saturated carbocycles. The molecule has 0 aromatic heterocycles. The summed E-state index contributed by atoms with van der Waals surface area (Å²) in [4.78, 5) is 37.4. The first kappa shape index (κ1) is 23.4. The Labute approximate surface area is 190 Å². The van der Waals surface area contributed by atoms with Crippen LogP contribution in [-0.4, -0.2) is 37.3 Å². The van der Waals surface area contributed by atoms with Gasteiger partial charge in [-0.15, -0.1) is 0 Å². The molecule has 2 amide bonds. The molecule has 6 nitrogen and oxygen atoms in total. The van der Waals surface area contributed by atoms with Gasteiger partial charge in [0.2, 0.25) is 5.91 Å². The summed E-state index contributed by atoms with van der Waals surface area (Å²) in [5, 5.41) is 15.0. The van der Waals surface area contributed by atoms with Crippen molar-refractivity contribution in [2.45, 2.75) is 57.0 Å². The fraction of sp³-hybridized carbons (Fsp3) is 0.360. The second kappa shape index (κ2) is 9.09. The van der Waals surface area contributed by atoms with Gasteiger partial charge in [-0.2, -0.15) is 5.26 Å². The van der Waals surface area contributed by atoms with Crippen LogP contribution >= 0.6 is 0 Å². The monoisotopic (exact) mass is 447 g/mol. The molecule has 0 heterocycles. The van der Waals surface area contributed by atoms with E-state index < -0.39 is 19.7 Å². The van der Waals surface area contributed by atoms with Crippen LogP contribution in [0.1, 0.15) is 40.5 Å². The Kier molecular flexibility index (Phi) is 6.65. The van der Waals surface area contributed by atoms with E-state index in [-0.39, 0.29) is 17.6 Å². The second-order valence-electron chi connectivity index (χ2n) is 9.69. The topological polar surface area (TPSA) is 99.1 Å². The summed E-state index contributed by atoms with van der Waals surface area (Å²) in [6.45, 7) is 7.94. The van der Waals surface area contributed by atoms with E-state index >= 15 is 0 Å². The van der Waals surface area contributed by atoms with E-state index in [1.54, 1.807) is 30.3 Å². The van der Waals surface area contributed by atoms with Gasteiger partial charge in [0, 0.05) is 19.2 Å². The van der Waals surface area contributed by atoms with E-state index in [9.17, 15) is 19.6 Å². The number of nitriles is 1. The summed E-state index contributed by atoms with van der Waals surface area (Å²) in [6, 6.07) is 16.5. The summed E-state index contributed by atoms with van der Waals surface area (Å²) in [6.07, 6.45) is 1.29. The van der Waals surface area contributed by atoms with Crippen molar-refractivity contribution in [1.29, 1.82) is 5.26 Å². The lowest BCUT2D eigenvalue weighted by Gasteiger charge is -2.26. The lowest BCUT2D eigenvalue weighted by molar-refractivity contribution is -0.123. The number of hydrogen-bond acceptors (Lipinski definition) is 4. The molecular weight excluding hydrogens is 418 g/mol. The van der Waals surface area contributed by atoms with Crippen molar-refractivity contribution in [3.05, 3.63) is 59.7 Å². The van der Waals surface area contributed by atoms with E-state index in [2.05, 4.69) is 36.3 Å². The van der Waals surface area contributed by atoms with Crippen molar-refractivity contribution in [2.75, 3.05) is 0 Å². The maximum absolute atomic E-state index is 13.0. The van der Waals surface area contributed by atoms with E-state index in [1.807, 2.05) is 18.2 Å². The zero-order chi connectivity index (χ0) is 23.5. The molecule has 2 aromatic carbocycles. The van der Waals surface area contributed by atoms with Gasteiger partial charge in [0.25, 0.3) is 5.91 Å². The van der Waals surface area contributed by atoms with E-state index in [4.69, 9.17) is 0 Å². The normalized spacial score (nSPS) is 15.2. The fourth-order valence-electron chi connectivity index (χ4n) is 3.51. The number of carbonyl (C=O) groups is 3. The predicted octanol–water partition coefficient (Wildman–Crippen LogP) is 4.17. The zero-order valence-electron chi connectivity index (χ0n) is 19.0. The third kappa shape index (κ3) is 5.92. The molecule has 7 heteroatoms. The van der Waals surface area contributed by atoms with Crippen LogP contribution in [0.4, 0.5) is 0 Å². The van der Waals surface area contributed by atoms with Crippen molar-refractivity contribution in [1.82, 2.24) is 10.6 Å². The van der Waals surface area contributed by atoms with Gasteiger partial charge in [-0.3, -0.25) is 14.4 Å². The lowest BCUT2D eigenvalue weighted by atomic mass is 10.0. The molecule has 2 N–H and O–H groups in total. The van der Waals surface area contributed by atoms with Crippen LogP contribution < -0.4 is 10.6 Å². The molecule has 1 atom stereocenters. The molecule has 1 fully saturated rings. The minimum absolute atomic E-state index is 0.000714. The zero-order valence-corrected chi connectivity index (χ0v) is 20.0. The van der Waals surface area contributed by atoms with Gasteiger partial charge in [0.05, 0.1) is 6.07 Å². The molecule has 0 radical (unpaired) electrons. The second-order valence-corrected chi connectivity index (χ2v) is 15.2. The average Bonchev–Trinajstić information content (AvgIpc) is 3.52. The van der Waals surface area contributed by atoms with Crippen molar-refractivity contribution < 1.29 is 14.4 Å². The Morgan fingerprint density at radius 3 is 2.22 bits per heavy atom. The summed E-state index contributed by atoms with van der Waals surface area (Å²) in [5.41, 5.74) is 2.05. The summed E-state index contributed by atoms with van der Waals surface area (Å²) >= 11 is 0. The SMILES string of the molecule is CC(=O)c1ccc(-c2cccc(C(=O)NC(C[Si](C)(C)C)C(=O)NC3(C#N)CC3)c2)cc1. The molecule has 1 aliphatic rings. The van der Waals surface area contributed by atoms with Gasteiger partial charge in [0.1, 0.15) is 11.6 Å². The smallest absolute Gasteiger partial charge is 0.251 e. The van der Waals surface area contributed by atoms with Gasteiger partial charge in [0.15, 0.2) is 5.78 Å². The number of hydrogen-bond donors (Lipinski definition) is 2. The van der Waals surface area contributed by atoms with Crippen molar-refractivity contribution in [3.8, 4) is 17.2 Å². The molecule has 32 heavy (non-hydrogen) atoms. The number of benzene rings is 2. The summed E-state index contributed by atoms with van der Waals surface area (Å²) in [7, 11) is -1.68. The first-order valence-corrected chi connectivity index (χ1v) is 14.5. The van der Waals surface area contributed by atoms with Crippen molar-refractivity contribution in [2.24, 2.45) is 0 Å². The maximum Gasteiger partial charge on any atom is 0.251 e. The highest BCUT2D eigenvalue weighted by Gasteiger charge is 2.46. The highest BCUT2D eigenvalue weighted by molar-refractivity contribution is 6.76. The van der Waals surface area contributed by atoms with Crippen molar-refractivity contribution >= 4 is 25.7 Å². The maximum atomic E-state index is 13.0. The minimum Gasteiger partial charge on any atom is -0.341 e. The van der Waals surface area contributed by atoms with Crippen molar-refractivity contribution in [3.63, 3.8) is 0 Å². The van der Waals surface area contributed by atoms with Gasteiger partial charge in [-0.1, -0.05) is 56.0 Å². The molecule has 0 spiro atoms. The Balaban J connectivity index is 1.78. The minimum atomic E-state index is -1.68. The molecule has 166 valence electrons. The summed E-state index contributed by atoms with van der Waals surface area (Å²) in [5.74, 6) is -0.621. The first-order chi connectivity index (χ1) is 15.0. The number of ketones is 1. The molecule has 2 aromatic rings. The standard InChI is InChI=1S/C25H29N3O3Si/c1-17(29)18-8-10-19(11-9-18)20-6-5-7-21(14-20)23(30)27-22(15-32(2,3)4)24(31)28-25(16-26)12-13-25/h5-11,14,22H,12-13,15H2,1-4H3,(H,27,30)(H,28,31). The van der Waals surface area contributed by atoms with Gasteiger partial charge in [-0.05, 0) is 49.1 Å². The first-order valence-electron chi connectivity index (χ1n) is 10.8.